The van der Waals surface area contributed by atoms with E-state index in [2.05, 4.69) is 15.4 Å². The molecule has 0 bridgehead atoms. The van der Waals surface area contributed by atoms with Gasteiger partial charge in [0.2, 0.25) is 0 Å². The molecule has 0 spiro atoms. The van der Waals surface area contributed by atoms with Gasteiger partial charge in [-0.05, 0) is 37.6 Å². The van der Waals surface area contributed by atoms with E-state index in [0.29, 0.717) is 40.8 Å². The predicted molar refractivity (Wildman–Crippen MR) is 99.0 cm³/mol. The molecule has 2 heterocycles. The second-order valence-electron chi connectivity index (χ2n) is 5.75. The molecule has 1 aromatic carbocycles. The van der Waals surface area contributed by atoms with E-state index in [1.165, 1.54) is 18.4 Å². The van der Waals surface area contributed by atoms with Gasteiger partial charge in [0.05, 0.1) is 12.7 Å². The minimum atomic E-state index is -0.868. The van der Waals surface area contributed by atoms with Crippen molar-refractivity contribution in [1.82, 2.24) is 5.32 Å². The molecule has 142 valence electrons. The third-order valence-corrected chi connectivity index (χ3v) is 5.17. The van der Waals surface area contributed by atoms with Crippen molar-refractivity contribution in [3.05, 3.63) is 39.8 Å². The number of rotatable bonds is 3. The Bertz CT molecular complexity index is 921. The normalized spacial score (nSPS) is 12.3. The van der Waals surface area contributed by atoms with Gasteiger partial charge in [0.25, 0.3) is 11.8 Å². The van der Waals surface area contributed by atoms with Crippen LogP contribution >= 0.6 is 11.3 Å². The number of carbonyl (C=O) groups excluding carboxylic acids is 3. The summed E-state index contributed by atoms with van der Waals surface area (Å²) in [7, 11) is 1.17. The van der Waals surface area contributed by atoms with Crippen LogP contribution in [0.25, 0.3) is 0 Å². The number of hydrogen-bond donors (Lipinski definition) is 2. The Morgan fingerprint density at radius 1 is 1.07 bits per heavy atom. The number of amides is 3. The molecule has 0 atom stereocenters. The van der Waals surface area contributed by atoms with Crippen molar-refractivity contribution in [2.24, 2.45) is 0 Å². The number of aryl methyl sites for hydroxylation is 1. The summed E-state index contributed by atoms with van der Waals surface area (Å²) in [4.78, 5) is 37.2. The number of benzene rings is 1. The van der Waals surface area contributed by atoms with E-state index >= 15 is 0 Å². The minimum Gasteiger partial charge on any atom is -0.486 e. The van der Waals surface area contributed by atoms with Gasteiger partial charge >= 0.3 is 6.09 Å². The first-order valence-corrected chi connectivity index (χ1v) is 8.92. The Morgan fingerprint density at radius 2 is 1.78 bits per heavy atom. The summed E-state index contributed by atoms with van der Waals surface area (Å²) in [6.07, 6.45) is -0.868. The van der Waals surface area contributed by atoms with Crippen molar-refractivity contribution < 1.29 is 28.6 Å². The Labute approximate surface area is 159 Å². The van der Waals surface area contributed by atoms with Gasteiger partial charge in [-0.3, -0.25) is 14.9 Å². The quantitative estimate of drug-likeness (QED) is 0.835. The van der Waals surface area contributed by atoms with Crippen LogP contribution in [-0.4, -0.2) is 38.2 Å². The number of hydrogen-bond acceptors (Lipinski definition) is 7. The highest BCUT2D eigenvalue weighted by atomic mass is 32.1. The molecule has 2 aromatic rings. The molecule has 3 amide bonds. The van der Waals surface area contributed by atoms with Crippen LogP contribution in [-0.2, 0) is 4.74 Å². The van der Waals surface area contributed by atoms with Crippen LogP contribution in [0.2, 0.25) is 0 Å². The predicted octanol–water partition coefficient (Wildman–Crippen LogP) is 2.88. The maximum atomic E-state index is 12.6. The minimum absolute atomic E-state index is 0.230. The third kappa shape index (κ3) is 3.87. The lowest BCUT2D eigenvalue weighted by molar-refractivity contribution is 0.0937. The lowest BCUT2D eigenvalue weighted by atomic mass is 10.1. The fraction of sp³-hybridized carbons (Fsp3) is 0.278. The summed E-state index contributed by atoms with van der Waals surface area (Å²) >= 11 is 1.25. The van der Waals surface area contributed by atoms with E-state index in [-0.39, 0.29) is 5.56 Å². The number of alkyl carbamates (subject to hydrolysis) is 1. The molecule has 1 aliphatic heterocycles. The highest BCUT2D eigenvalue weighted by Gasteiger charge is 2.23. The second-order valence-corrected chi connectivity index (χ2v) is 6.97. The number of anilines is 1. The Morgan fingerprint density at radius 3 is 2.48 bits per heavy atom. The molecule has 0 unspecified atom stereocenters. The van der Waals surface area contributed by atoms with Gasteiger partial charge in [0, 0.05) is 10.4 Å². The maximum Gasteiger partial charge on any atom is 0.413 e. The van der Waals surface area contributed by atoms with Crippen LogP contribution in [0.5, 0.6) is 11.5 Å². The van der Waals surface area contributed by atoms with Crippen molar-refractivity contribution in [2.75, 3.05) is 25.6 Å². The first-order chi connectivity index (χ1) is 12.9. The molecule has 0 fully saturated rings. The summed E-state index contributed by atoms with van der Waals surface area (Å²) in [5.41, 5.74) is 1.27. The average Bonchev–Trinajstić information content (AvgIpc) is 2.94. The average molecular weight is 390 g/mol. The summed E-state index contributed by atoms with van der Waals surface area (Å²) in [5, 5.41) is 5.20. The van der Waals surface area contributed by atoms with Crippen LogP contribution < -0.4 is 20.1 Å². The van der Waals surface area contributed by atoms with E-state index in [0.717, 1.165) is 4.88 Å². The fourth-order valence-electron chi connectivity index (χ4n) is 2.55. The molecule has 8 nitrogen and oxygen atoms in total. The number of carbonyl (C=O) groups is 3. The van der Waals surface area contributed by atoms with Gasteiger partial charge in [0.15, 0.2) is 11.5 Å². The zero-order valence-electron chi connectivity index (χ0n) is 15.0. The standard InChI is InChI=1S/C18H18N2O6S/c1-9-10(2)27-17(14(9)16(22)20-18(23)24-3)19-15(21)11-4-5-12-13(8-11)26-7-6-25-12/h4-5,8H,6-7H2,1-3H3,(H,19,21)(H,20,22,23). The van der Waals surface area contributed by atoms with Crippen LogP contribution in [0.3, 0.4) is 0 Å². The summed E-state index contributed by atoms with van der Waals surface area (Å²) < 4.78 is 15.4. The molecule has 2 N–H and O–H groups in total. The Kier molecular flexibility index (Phi) is 5.31. The van der Waals surface area contributed by atoms with E-state index < -0.39 is 17.9 Å². The Balaban J connectivity index is 1.85. The molecule has 1 aromatic heterocycles. The zero-order chi connectivity index (χ0) is 19.6. The molecule has 9 heteroatoms. The van der Waals surface area contributed by atoms with Crippen molar-refractivity contribution in [3.8, 4) is 11.5 Å². The number of ether oxygens (including phenoxy) is 3. The number of imide groups is 1. The van der Waals surface area contributed by atoms with Crippen LogP contribution in [0.15, 0.2) is 18.2 Å². The highest BCUT2D eigenvalue weighted by molar-refractivity contribution is 7.16. The van der Waals surface area contributed by atoms with Gasteiger partial charge in [-0.15, -0.1) is 11.3 Å². The van der Waals surface area contributed by atoms with Crippen molar-refractivity contribution in [2.45, 2.75) is 13.8 Å². The zero-order valence-corrected chi connectivity index (χ0v) is 15.8. The molecule has 0 saturated heterocycles. The molecule has 1 aliphatic rings. The van der Waals surface area contributed by atoms with Crippen LogP contribution in [0, 0.1) is 13.8 Å². The SMILES string of the molecule is COC(=O)NC(=O)c1c(NC(=O)c2ccc3c(c2)OCCO3)sc(C)c1C. The largest absolute Gasteiger partial charge is 0.486 e. The molecule has 3 rings (SSSR count). The first kappa shape index (κ1) is 18.7. The molecule has 0 saturated carbocycles. The summed E-state index contributed by atoms with van der Waals surface area (Å²) in [6, 6.07) is 4.87. The highest BCUT2D eigenvalue weighted by Crippen LogP contribution is 2.34. The van der Waals surface area contributed by atoms with Gasteiger partial charge in [-0.2, -0.15) is 0 Å². The first-order valence-electron chi connectivity index (χ1n) is 8.11. The topological polar surface area (TPSA) is 103 Å². The maximum absolute atomic E-state index is 12.6. The van der Waals surface area contributed by atoms with Gasteiger partial charge in [-0.25, -0.2) is 4.79 Å². The monoisotopic (exact) mass is 390 g/mol. The number of fused-ring (bicyclic) bond motifs is 1. The molecular weight excluding hydrogens is 372 g/mol. The van der Waals surface area contributed by atoms with Gasteiger partial charge in [-0.1, -0.05) is 0 Å². The smallest absolute Gasteiger partial charge is 0.413 e. The lowest BCUT2D eigenvalue weighted by Gasteiger charge is -2.18. The molecular formula is C18H18N2O6S. The van der Waals surface area contributed by atoms with E-state index in [4.69, 9.17) is 9.47 Å². The Hall–Kier alpha value is -3.07. The van der Waals surface area contributed by atoms with E-state index in [1.54, 1.807) is 25.1 Å². The van der Waals surface area contributed by atoms with Crippen molar-refractivity contribution in [1.29, 1.82) is 0 Å². The number of thiophene rings is 1. The van der Waals surface area contributed by atoms with Crippen molar-refractivity contribution in [3.63, 3.8) is 0 Å². The van der Waals surface area contributed by atoms with Crippen LogP contribution in [0.1, 0.15) is 31.2 Å². The number of nitrogens with one attached hydrogen (secondary N) is 2. The van der Waals surface area contributed by atoms with Crippen molar-refractivity contribution >= 4 is 34.2 Å². The summed E-state index contributed by atoms with van der Waals surface area (Å²) in [5.74, 6) is 0.0383. The molecule has 27 heavy (non-hydrogen) atoms. The third-order valence-electron chi connectivity index (χ3n) is 4.04. The van der Waals surface area contributed by atoms with Gasteiger partial charge < -0.3 is 19.5 Å². The van der Waals surface area contributed by atoms with E-state index in [1.807, 2.05) is 6.92 Å². The number of methoxy groups -OCH3 is 1. The second kappa shape index (κ2) is 7.67. The molecule has 0 aliphatic carbocycles. The van der Waals surface area contributed by atoms with Gasteiger partial charge in [0.1, 0.15) is 18.2 Å². The summed E-state index contributed by atoms with van der Waals surface area (Å²) in [6.45, 7) is 4.45. The lowest BCUT2D eigenvalue weighted by Crippen LogP contribution is -2.31. The molecule has 0 radical (unpaired) electrons. The van der Waals surface area contributed by atoms with E-state index in [9.17, 15) is 14.4 Å². The van der Waals surface area contributed by atoms with Crippen LogP contribution in [0.4, 0.5) is 9.80 Å². The fourth-order valence-corrected chi connectivity index (χ4v) is 3.61.